The fourth-order valence-corrected chi connectivity index (χ4v) is 4.56. The Morgan fingerprint density at radius 3 is 2.55 bits per heavy atom. The van der Waals surface area contributed by atoms with E-state index < -0.39 is 0 Å². The van der Waals surface area contributed by atoms with E-state index in [4.69, 9.17) is 9.47 Å². The number of allylic oxidation sites excluding steroid dienone is 1. The lowest BCUT2D eigenvalue weighted by atomic mass is 10.0. The molecule has 0 N–H and O–H groups in total. The number of ether oxygens (including phenoxy) is 2. The minimum atomic E-state index is -0.158. The van der Waals surface area contributed by atoms with Crippen LogP contribution in [0.4, 0.5) is 10.5 Å². The number of carbonyl (C=O) groups excluding carboxylic acids is 2. The molecule has 3 heterocycles. The number of hydrogen-bond donors (Lipinski definition) is 0. The van der Waals surface area contributed by atoms with Crippen LogP contribution in [0.3, 0.4) is 0 Å². The highest BCUT2D eigenvalue weighted by atomic mass is 16.5. The molecule has 33 heavy (non-hydrogen) atoms. The monoisotopic (exact) mass is 454 g/mol. The standard InChI is InChI=1S/C25H34N4O4/c1-25(2)9-3-10-28(25)11-4-16-33-23-7-5-21(6-8-23)29-13-12-27(19-22(29)20-30)24(31)26-14-17-32-18-15-26/h5-8,12-13,19-20H,3-4,9-11,14-18H2,1-2H3. The van der Waals surface area contributed by atoms with Crippen molar-refractivity contribution >= 4 is 18.0 Å². The maximum Gasteiger partial charge on any atom is 0.328 e. The zero-order valence-corrected chi connectivity index (χ0v) is 19.6. The van der Waals surface area contributed by atoms with E-state index >= 15 is 0 Å². The molecular weight excluding hydrogens is 420 g/mol. The van der Waals surface area contributed by atoms with Crippen LogP contribution < -0.4 is 9.64 Å². The summed E-state index contributed by atoms with van der Waals surface area (Å²) in [5, 5.41) is 0. The molecule has 0 atom stereocenters. The molecule has 1 aromatic rings. The molecule has 2 amide bonds. The topological polar surface area (TPSA) is 65.6 Å². The van der Waals surface area contributed by atoms with Gasteiger partial charge in [0.1, 0.15) is 11.4 Å². The van der Waals surface area contributed by atoms with Gasteiger partial charge >= 0.3 is 6.03 Å². The van der Waals surface area contributed by atoms with Gasteiger partial charge in [-0.1, -0.05) is 0 Å². The Hall–Kier alpha value is -2.84. The van der Waals surface area contributed by atoms with E-state index in [1.54, 1.807) is 28.4 Å². The molecule has 0 aliphatic carbocycles. The lowest BCUT2D eigenvalue weighted by Gasteiger charge is -2.33. The number of urea groups is 1. The van der Waals surface area contributed by atoms with E-state index in [0.29, 0.717) is 44.1 Å². The second kappa shape index (κ2) is 10.4. The highest BCUT2D eigenvalue weighted by Gasteiger charge is 2.31. The Morgan fingerprint density at radius 2 is 1.88 bits per heavy atom. The number of nitrogens with zero attached hydrogens (tertiary/aromatic N) is 4. The van der Waals surface area contributed by atoms with Crippen LogP contribution in [0.5, 0.6) is 5.75 Å². The summed E-state index contributed by atoms with van der Waals surface area (Å²) in [6.45, 7) is 9.69. The fraction of sp³-hybridized carbons (Fsp3) is 0.520. The zero-order chi connectivity index (χ0) is 23.3. The van der Waals surface area contributed by atoms with E-state index in [0.717, 1.165) is 30.7 Å². The number of rotatable bonds is 7. The second-order valence-corrected chi connectivity index (χ2v) is 9.23. The summed E-state index contributed by atoms with van der Waals surface area (Å²) < 4.78 is 11.2. The van der Waals surface area contributed by atoms with Crippen molar-refractivity contribution in [2.45, 2.75) is 38.6 Å². The van der Waals surface area contributed by atoms with Gasteiger partial charge in [0.25, 0.3) is 0 Å². The number of aldehydes is 1. The van der Waals surface area contributed by atoms with Crippen molar-refractivity contribution in [1.29, 1.82) is 0 Å². The average molecular weight is 455 g/mol. The van der Waals surface area contributed by atoms with Gasteiger partial charge < -0.3 is 19.3 Å². The molecule has 8 nitrogen and oxygen atoms in total. The molecule has 3 aliphatic heterocycles. The third-order valence-electron chi connectivity index (χ3n) is 6.58. The van der Waals surface area contributed by atoms with Crippen LogP contribution in [0.25, 0.3) is 0 Å². The zero-order valence-electron chi connectivity index (χ0n) is 19.6. The van der Waals surface area contributed by atoms with Crippen LogP contribution in [-0.2, 0) is 9.53 Å². The summed E-state index contributed by atoms with van der Waals surface area (Å²) in [5.41, 5.74) is 1.52. The first-order valence-electron chi connectivity index (χ1n) is 11.8. The molecule has 0 saturated carbocycles. The molecule has 178 valence electrons. The molecule has 0 aromatic heterocycles. The van der Waals surface area contributed by atoms with Gasteiger partial charge in [0.05, 0.1) is 19.8 Å². The molecular formula is C25H34N4O4. The van der Waals surface area contributed by atoms with Crippen molar-refractivity contribution in [1.82, 2.24) is 14.7 Å². The van der Waals surface area contributed by atoms with E-state index in [1.807, 2.05) is 24.3 Å². The van der Waals surface area contributed by atoms with E-state index in [2.05, 4.69) is 18.7 Å². The molecule has 4 rings (SSSR count). The first kappa shape index (κ1) is 23.3. The lowest BCUT2D eigenvalue weighted by Crippen LogP contribution is -2.46. The first-order chi connectivity index (χ1) is 16.0. The third kappa shape index (κ3) is 5.57. The quantitative estimate of drug-likeness (QED) is 0.465. The van der Waals surface area contributed by atoms with Gasteiger partial charge in [-0.15, -0.1) is 0 Å². The SMILES string of the molecule is CC1(C)CCCN1CCCOc1ccc(N2C=CN(C(=O)N3CCOCC3)C=C2C=O)cc1. The minimum absolute atomic E-state index is 0.158. The van der Waals surface area contributed by atoms with Crippen molar-refractivity contribution in [3.8, 4) is 5.75 Å². The maximum absolute atomic E-state index is 12.7. The van der Waals surface area contributed by atoms with E-state index in [9.17, 15) is 9.59 Å². The predicted octanol–water partition coefficient (Wildman–Crippen LogP) is 3.42. The largest absolute Gasteiger partial charge is 0.494 e. The normalized spacial score (nSPS) is 20.7. The number of likely N-dealkylation sites (tertiary alicyclic amines) is 1. The number of morpholine rings is 1. The fourth-order valence-electron chi connectivity index (χ4n) is 4.56. The van der Waals surface area contributed by atoms with Gasteiger partial charge in [0.15, 0.2) is 6.29 Å². The smallest absolute Gasteiger partial charge is 0.328 e. The molecule has 0 radical (unpaired) electrons. The van der Waals surface area contributed by atoms with Crippen molar-refractivity contribution in [2.24, 2.45) is 0 Å². The Labute approximate surface area is 196 Å². The molecule has 2 fully saturated rings. The van der Waals surface area contributed by atoms with Crippen molar-refractivity contribution in [3.63, 3.8) is 0 Å². The third-order valence-corrected chi connectivity index (χ3v) is 6.58. The van der Waals surface area contributed by atoms with E-state index in [1.165, 1.54) is 24.3 Å². The summed E-state index contributed by atoms with van der Waals surface area (Å²) in [4.78, 5) is 31.9. The van der Waals surface area contributed by atoms with Gasteiger partial charge in [0.2, 0.25) is 0 Å². The number of carbonyl (C=O) groups is 2. The number of anilines is 1. The summed E-state index contributed by atoms with van der Waals surface area (Å²) in [7, 11) is 0. The van der Waals surface area contributed by atoms with Gasteiger partial charge in [-0.2, -0.15) is 0 Å². The molecule has 0 spiro atoms. The highest BCUT2D eigenvalue weighted by molar-refractivity contribution is 5.85. The Morgan fingerprint density at radius 1 is 1.12 bits per heavy atom. The maximum atomic E-state index is 12.7. The second-order valence-electron chi connectivity index (χ2n) is 9.23. The molecule has 1 aromatic carbocycles. The van der Waals surface area contributed by atoms with Crippen molar-refractivity contribution in [3.05, 3.63) is 48.6 Å². The molecule has 0 unspecified atom stereocenters. The van der Waals surface area contributed by atoms with Gasteiger partial charge in [-0.25, -0.2) is 4.79 Å². The van der Waals surface area contributed by atoms with Crippen LogP contribution >= 0.6 is 0 Å². The number of amides is 2. The number of hydrogen-bond acceptors (Lipinski definition) is 6. The summed E-state index contributed by atoms with van der Waals surface area (Å²) in [6, 6.07) is 7.50. The summed E-state index contributed by atoms with van der Waals surface area (Å²) in [6.07, 6.45) is 9.26. The van der Waals surface area contributed by atoms with Crippen LogP contribution in [0.1, 0.15) is 33.1 Å². The van der Waals surface area contributed by atoms with Crippen LogP contribution in [0.15, 0.2) is 48.6 Å². The Balaban J connectivity index is 1.30. The van der Waals surface area contributed by atoms with E-state index in [-0.39, 0.29) is 6.03 Å². The van der Waals surface area contributed by atoms with Crippen LogP contribution in [0, 0.1) is 0 Å². The molecule has 8 heteroatoms. The Kier molecular flexibility index (Phi) is 7.35. The minimum Gasteiger partial charge on any atom is -0.494 e. The summed E-state index contributed by atoms with van der Waals surface area (Å²) in [5.74, 6) is 0.807. The first-order valence-corrected chi connectivity index (χ1v) is 11.8. The van der Waals surface area contributed by atoms with Crippen LogP contribution in [-0.4, -0.2) is 78.6 Å². The lowest BCUT2D eigenvalue weighted by molar-refractivity contribution is -0.105. The van der Waals surface area contributed by atoms with Gasteiger partial charge in [0, 0.05) is 49.5 Å². The van der Waals surface area contributed by atoms with Gasteiger partial charge in [-0.3, -0.25) is 14.6 Å². The van der Waals surface area contributed by atoms with Gasteiger partial charge in [-0.05, 0) is 63.9 Å². The van der Waals surface area contributed by atoms with Crippen molar-refractivity contribution < 1.29 is 19.1 Å². The number of benzene rings is 1. The van der Waals surface area contributed by atoms with Crippen molar-refractivity contribution in [2.75, 3.05) is 50.9 Å². The highest BCUT2D eigenvalue weighted by Crippen LogP contribution is 2.28. The molecule has 2 saturated heterocycles. The Bertz CT molecular complexity index is 890. The molecule has 3 aliphatic rings. The van der Waals surface area contributed by atoms with Crippen LogP contribution in [0.2, 0.25) is 0 Å². The molecule has 0 bridgehead atoms. The summed E-state index contributed by atoms with van der Waals surface area (Å²) >= 11 is 0. The predicted molar refractivity (Wildman–Crippen MR) is 127 cm³/mol. The average Bonchev–Trinajstić information content (AvgIpc) is 3.19.